The third kappa shape index (κ3) is 3.98. The van der Waals surface area contributed by atoms with E-state index < -0.39 is 12.2 Å². The molecule has 38 heavy (non-hydrogen) atoms. The number of hydrogen-bond donors (Lipinski definition) is 0. The molecule has 0 aromatic heterocycles. The second-order valence-corrected chi connectivity index (χ2v) is 9.42. The van der Waals surface area contributed by atoms with Gasteiger partial charge in [0, 0.05) is 11.8 Å². The molecule has 6 rings (SSSR count). The zero-order chi connectivity index (χ0) is 26.2. The number of rotatable bonds is 5. The van der Waals surface area contributed by atoms with Crippen LogP contribution >= 0.6 is 0 Å². The molecular formula is C32H26O6. The van der Waals surface area contributed by atoms with Gasteiger partial charge in [0.2, 0.25) is 0 Å². The molecule has 0 amide bonds. The molecule has 0 fully saturated rings. The number of cyclic esters (lactones) is 2. The van der Waals surface area contributed by atoms with E-state index in [0.717, 1.165) is 22.3 Å². The highest BCUT2D eigenvalue weighted by atomic mass is 16.6. The standard InChI is InChI=1S/C32H26O6/c1-35-21-15-11-19(12-16-21)29-27(23-7-3-5-9-25(23)31(33)37-29)28-24-8-4-6-10-26(24)32(34)38-30(28)20-13-17-22(36-2)18-14-20/h3-18,27-30H,1-2H3/t27-,28-,29-,30-/m0/s1. The number of hydrogen-bond acceptors (Lipinski definition) is 6. The Morgan fingerprint density at radius 2 is 0.895 bits per heavy atom. The third-order valence-electron chi connectivity index (χ3n) is 7.48. The first-order chi connectivity index (χ1) is 18.6. The summed E-state index contributed by atoms with van der Waals surface area (Å²) in [4.78, 5) is 26.4. The van der Waals surface area contributed by atoms with Crippen LogP contribution < -0.4 is 9.47 Å². The van der Waals surface area contributed by atoms with Gasteiger partial charge in [0.1, 0.15) is 23.7 Å². The highest BCUT2D eigenvalue weighted by Crippen LogP contribution is 2.56. The van der Waals surface area contributed by atoms with E-state index in [0.29, 0.717) is 22.6 Å². The van der Waals surface area contributed by atoms with E-state index in [1.165, 1.54) is 0 Å². The van der Waals surface area contributed by atoms with Gasteiger partial charge >= 0.3 is 11.9 Å². The SMILES string of the molecule is COc1ccc([C@@H]2OC(=O)c3ccccc3[C@H]2[C@@H]2c3ccccc3C(=O)O[C@H]2c2ccc(OC)cc2)cc1. The number of fused-ring (bicyclic) bond motifs is 2. The summed E-state index contributed by atoms with van der Waals surface area (Å²) in [6.45, 7) is 0. The fourth-order valence-corrected chi connectivity index (χ4v) is 5.68. The summed E-state index contributed by atoms with van der Waals surface area (Å²) >= 11 is 0. The molecule has 0 spiro atoms. The van der Waals surface area contributed by atoms with Crippen LogP contribution in [0.4, 0.5) is 0 Å². The molecule has 0 saturated heterocycles. The van der Waals surface area contributed by atoms with Crippen molar-refractivity contribution in [2.45, 2.75) is 24.0 Å². The smallest absolute Gasteiger partial charge is 0.339 e. The van der Waals surface area contributed by atoms with E-state index in [1.807, 2.05) is 84.9 Å². The summed E-state index contributed by atoms with van der Waals surface area (Å²) in [6.07, 6.45) is -1.22. The summed E-state index contributed by atoms with van der Waals surface area (Å²) in [5.74, 6) is -0.00132. The van der Waals surface area contributed by atoms with Gasteiger partial charge in [0.15, 0.2) is 0 Å². The Morgan fingerprint density at radius 3 is 1.26 bits per heavy atom. The van der Waals surface area contributed by atoms with Crippen molar-refractivity contribution in [1.82, 2.24) is 0 Å². The van der Waals surface area contributed by atoms with Crippen LogP contribution in [-0.4, -0.2) is 26.2 Å². The number of esters is 2. The summed E-state index contributed by atoms with van der Waals surface area (Å²) in [5, 5.41) is 0. The van der Waals surface area contributed by atoms with Gasteiger partial charge in [-0.05, 0) is 58.7 Å². The fourth-order valence-electron chi connectivity index (χ4n) is 5.68. The molecular weight excluding hydrogens is 480 g/mol. The van der Waals surface area contributed by atoms with Gasteiger partial charge in [-0.2, -0.15) is 0 Å². The topological polar surface area (TPSA) is 71.1 Å². The number of carbonyl (C=O) groups is 2. The van der Waals surface area contributed by atoms with E-state index in [-0.39, 0.29) is 23.8 Å². The minimum absolute atomic E-state index is 0.335. The van der Waals surface area contributed by atoms with Gasteiger partial charge in [-0.15, -0.1) is 0 Å². The molecule has 0 saturated carbocycles. The number of methoxy groups -OCH3 is 2. The zero-order valence-electron chi connectivity index (χ0n) is 21.0. The predicted molar refractivity (Wildman–Crippen MR) is 141 cm³/mol. The Balaban J connectivity index is 1.57. The maximum Gasteiger partial charge on any atom is 0.339 e. The molecule has 190 valence electrons. The molecule has 2 aliphatic rings. The first kappa shape index (κ1) is 23.8. The number of ether oxygens (including phenoxy) is 4. The van der Waals surface area contributed by atoms with Crippen LogP contribution in [-0.2, 0) is 9.47 Å². The zero-order valence-corrected chi connectivity index (χ0v) is 21.0. The van der Waals surface area contributed by atoms with Crippen molar-refractivity contribution in [2.75, 3.05) is 14.2 Å². The molecule has 0 bridgehead atoms. The molecule has 4 aromatic rings. The van der Waals surface area contributed by atoms with E-state index in [4.69, 9.17) is 18.9 Å². The Labute approximate surface area is 220 Å². The van der Waals surface area contributed by atoms with Gasteiger partial charge in [0.05, 0.1) is 25.3 Å². The first-order valence-corrected chi connectivity index (χ1v) is 12.5. The van der Waals surface area contributed by atoms with E-state index >= 15 is 0 Å². The van der Waals surface area contributed by atoms with Crippen LogP contribution in [0.25, 0.3) is 0 Å². The molecule has 2 aliphatic heterocycles. The average Bonchev–Trinajstić information content (AvgIpc) is 2.98. The van der Waals surface area contributed by atoms with E-state index in [1.54, 1.807) is 26.4 Å². The van der Waals surface area contributed by atoms with E-state index in [9.17, 15) is 9.59 Å². The van der Waals surface area contributed by atoms with Crippen molar-refractivity contribution in [1.29, 1.82) is 0 Å². The van der Waals surface area contributed by atoms with Crippen LogP contribution in [0.15, 0.2) is 97.1 Å². The minimum Gasteiger partial charge on any atom is -0.497 e. The lowest BCUT2D eigenvalue weighted by molar-refractivity contribution is -0.0123. The average molecular weight is 507 g/mol. The van der Waals surface area contributed by atoms with Crippen molar-refractivity contribution >= 4 is 11.9 Å². The van der Waals surface area contributed by atoms with Crippen molar-refractivity contribution in [2.24, 2.45) is 0 Å². The van der Waals surface area contributed by atoms with Gasteiger partial charge < -0.3 is 18.9 Å². The van der Waals surface area contributed by atoms with Crippen LogP contribution in [0.3, 0.4) is 0 Å². The summed E-state index contributed by atoms with van der Waals surface area (Å²) in [7, 11) is 3.23. The molecule has 4 atom stereocenters. The van der Waals surface area contributed by atoms with Gasteiger partial charge in [-0.3, -0.25) is 0 Å². The van der Waals surface area contributed by atoms with Crippen LogP contribution in [0, 0.1) is 0 Å². The van der Waals surface area contributed by atoms with Crippen LogP contribution in [0.2, 0.25) is 0 Å². The minimum atomic E-state index is -0.612. The predicted octanol–water partition coefficient (Wildman–Crippen LogP) is 6.39. The number of benzene rings is 4. The monoisotopic (exact) mass is 506 g/mol. The lowest BCUT2D eigenvalue weighted by Gasteiger charge is -2.43. The molecule has 0 aliphatic carbocycles. The van der Waals surface area contributed by atoms with Gasteiger partial charge in [-0.1, -0.05) is 60.7 Å². The van der Waals surface area contributed by atoms with Crippen molar-refractivity contribution < 1.29 is 28.5 Å². The number of carbonyl (C=O) groups excluding carboxylic acids is 2. The highest BCUT2D eigenvalue weighted by molar-refractivity contribution is 5.94. The van der Waals surface area contributed by atoms with Crippen molar-refractivity contribution in [3.63, 3.8) is 0 Å². The Morgan fingerprint density at radius 1 is 0.526 bits per heavy atom. The molecule has 0 radical (unpaired) electrons. The lowest BCUT2D eigenvalue weighted by atomic mass is 9.68. The van der Waals surface area contributed by atoms with Crippen LogP contribution in [0.1, 0.15) is 67.0 Å². The fraction of sp³-hybridized carbons (Fsp3) is 0.188. The van der Waals surface area contributed by atoms with E-state index in [2.05, 4.69) is 0 Å². The summed E-state index contributed by atoms with van der Waals surface area (Å²) < 4.78 is 23.0. The highest BCUT2D eigenvalue weighted by Gasteiger charge is 2.49. The van der Waals surface area contributed by atoms with Crippen molar-refractivity contribution in [3.8, 4) is 11.5 Å². The lowest BCUT2D eigenvalue weighted by Crippen LogP contribution is -2.36. The normalized spacial score (nSPS) is 21.9. The van der Waals surface area contributed by atoms with Crippen LogP contribution in [0.5, 0.6) is 11.5 Å². The van der Waals surface area contributed by atoms with Crippen molar-refractivity contribution in [3.05, 3.63) is 130 Å². The summed E-state index contributed by atoms with van der Waals surface area (Å²) in [5.41, 5.74) is 4.43. The molecule has 0 N–H and O–H groups in total. The second-order valence-electron chi connectivity index (χ2n) is 9.42. The molecule has 6 heteroatoms. The molecule has 0 unspecified atom stereocenters. The Hall–Kier alpha value is -4.58. The largest absolute Gasteiger partial charge is 0.497 e. The van der Waals surface area contributed by atoms with Gasteiger partial charge in [0.25, 0.3) is 0 Å². The second kappa shape index (κ2) is 9.71. The maximum atomic E-state index is 13.2. The first-order valence-electron chi connectivity index (χ1n) is 12.5. The maximum absolute atomic E-state index is 13.2. The molecule has 6 nitrogen and oxygen atoms in total. The Kier molecular flexibility index (Phi) is 6.08. The molecule has 2 heterocycles. The van der Waals surface area contributed by atoms with Gasteiger partial charge in [-0.25, -0.2) is 9.59 Å². The quantitative estimate of drug-likeness (QED) is 0.292. The molecule has 4 aromatic carbocycles. The Bertz CT molecular complexity index is 1380. The summed E-state index contributed by atoms with van der Waals surface area (Å²) in [6, 6.07) is 30.2. The third-order valence-corrected chi connectivity index (χ3v) is 7.48.